The number of anilines is 2. The van der Waals surface area contributed by atoms with Gasteiger partial charge in [0.15, 0.2) is 0 Å². The summed E-state index contributed by atoms with van der Waals surface area (Å²) in [5.74, 6) is -0.0918. The molecule has 1 rings (SSSR count). The minimum Gasteiger partial charge on any atom is -0.399 e. The Hall–Kier alpha value is -1.71. The molecule has 0 fully saturated rings. The van der Waals surface area contributed by atoms with Gasteiger partial charge in [-0.25, -0.2) is 0 Å². The molecule has 17 heavy (non-hydrogen) atoms. The van der Waals surface area contributed by atoms with Crippen molar-refractivity contribution < 1.29 is 4.79 Å². The predicted molar refractivity (Wildman–Crippen MR) is 72.2 cm³/mol. The number of rotatable bonds is 5. The van der Waals surface area contributed by atoms with Gasteiger partial charge in [-0.1, -0.05) is 6.92 Å². The molecular formula is C13H21N3O. The van der Waals surface area contributed by atoms with Crippen LogP contribution in [0.4, 0.5) is 11.4 Å². The van der Waals surface area contributed by atoms with Crippen molar-refractivity contribution in [3.05, 3.63) is 23.8 Å². The van der Waals surface area contributed by atoms with E-state index in [0.717, 1.165) is 18.7 Å². The zero-order valence-electron chi connectivity index (χ0n) is 10.7. The molecule has 0 aliphatic heterocycles. The first-order valence-corrected chi connectivity index (χ1v) is 5.98. The summed E-state index contributed by atoms with van der Waals surface area (Å²) < 4.78 is 0. The Morgan fingerprint density at radius 1 is 1.41 bits per heavy atom. The molecule has 0 aromatic heterocycles. The number of amides is 1. The summed E-state index contributed by atoms with van der Waals surface area (Å²) in [4.78, 5) is 12.0. The summed E-state index contributed by atoms with van der Waals surface area (Å²) in [5, 5.41) is 6.10. The van der Waals surface area contributed by atoms with Crippen molar-refractivity contribution >= 4 is 17.3 Å². The molecule has 0 radical (unpaired) electrons. The molecule has 0 aliphatic carbocycles. The Morgan fingerprint density at radius 2 is 2.12 bits per heavy atom. The van der Waals surface area contributed by atoms with Gasteiger partial charge in [0.05, 0.1) is 5.56 Å². The Kier molecular flexibility index (Phi) is 4.82. The van der Waals surface area contributed by atoms with Crippen LogP contribution >= 0.6 is 0 Å². The molecule has 0 saturated carbocycles. The fourth-order valence-electron chi connectivity index (χ4n) is 1.50. The average molecular weight is 235 g/mol. The maximum absolute atomic E-state index is 12.0. The molecular weight excluding hydrogens is 214 g/mol. The van der Waals surface area contributed by atoms with Gasteiger partial charge in [-0.05, 0) is 38.5 Å². The first-order valence-electron chi connectivity index (χ1n) is 5.98. The number of benzene rings is 1. The van der Waals surface area contributed by atoms with Gasteiger partial charge in [0.2, 0.25) is 0 Å². The van der Waals surface area contributed by atoms with E-state index in [1.54, 1.807) is 12.1 Å². The van der Waals surface area contributed by atoms with Crippen LogP contribution in [0, 0.1) is 0 Å². The minimum absolute atomic E-state index is 0.0918. The SMILES string of the molecule is CCCNc1ccc(N)cc1C(=O)NC(C)C. The Balaban J connectivity index is 2.93. The van der Waals surface area contributed by atoms with Crippen LogP contribution in [0.5, 0.6) is 0 Å². The number of carbonyl (C=O) groups excluding carboxylic acids is 1. The van der Waals surface area contributed by atoms with Gasteiger partial charge in [-0.2, -0.15) is 0 Å². The van der Waals surface area contributed by atoms with Crippen molar-refractivity contribution in [3.8, 4) is 0 Å². The van der Waals surface area contributed by atoms with E-state index in [9.17, 15) is 4.79 Å². The highest BCUT2D eigenvalue weighted by Crippen LogP contribution is 2.19. The van der Waals surface area contributed by atoms with Gasteiger partial charge < -0.3 is 16.4 Å². The molecule has 4 N–H and O–H groups in total. The van der Waals surface area contributed by atoms with Gasteiger partial charge in [0.1, 0.15) is 0 Å². The van der Waals surface area contributed by atoms with Crippen LogP contribution in [0.25, 0.3) is 0 Å². The topological polar surface area (TPSA) is 67.1 Å². The van der Waals surface area contributed by atoms with Crippen LogP contribution in [0.15, 0.2) is 18.2 Å². The third-order valence-electron chi connectivity index (χ3n) is 2.27. The number of nitrogen functional groups attached to an aromatic ring is 1. The first-order chi connectivity index (χ1) is 8.04. The van der Waals surface area contributed by atoms with Crippen LogP contribution in [0.2, 0.25) is 0 Å². The van der Waals surface area contributed by atoms with Gasteiger partial charge in [0.25, 0.3) is 5.91 Å². The summed E-state index contributed by atoms with van der Waals surface area (Å²) in [7, 11) is 0. The standard InChI is InChI=1S/C13H21N3O/c1-4-7-15-12-6-5-10(14)8-11(12)13(17)16-9(2)3/h5-6,8-9,15H,4,7,14H2,1-3H3,(H,16,17). The summed E-state index contributed by atoms with van der Waals surface area (Å²) in [6.07, 6.45) is 1.01. The minimum atomic E-state index is -0.0918. The lowest BCUT2D eigenvalue weighted by atomic mass is 10.1. The highest BCUT2D eigenvalue weighted by Gasteiger charge is 2.12. The zero-order chi connectivity index (χ0) is 12.8. The molecule has 0 aliphatic rings. The highest BCUT2D eigenvalue weighted by molar-refractivity contribution is 6.00. The quantitative estimate of drug-likeness (QED) is 0.686. The average Bonchev–Trinajstić information content (AvgIpc) is 2.26. The molecule has 0 bridgehead atoms. The molecule has 0 atom stereocenters. The summed E-state index contributed by atoms with van der Waals surface area (Å²) in [6, 6.07) is 5.46. The molecule has 94 valence electrons. The van der Waals surface area contributed by atoms with Crippen LogP contribution in [0.3, 0.4) is 0 Å². The molecule has 0 saturated heterocycles. The lowest BCUT2D eigenvalue weighted by Crippen LogP contribution is -2.30. The van der Waals surface area contributed by atoms with E-state index < -0.39 is 0 Å². The van der Waals surface area contributed by atoms with Crippen LogP contribution in [-0.2, 0) is 0 Å². The van der Waals surface area contributed by atoms with E-state index in [4.69, 9.17) is 5.73 Å². The first kappa shape index (κ1) is 13.4. The fourth-order valence-corrected chi connectivity index (χ4v) is 1.50. The van der Waals surface area contributed by atoms with E-state index in [1.165, 1.54) is 0 Å². The maximum atomic E-state index is 12.0. The van der Waals surface area contributed by atoms with E-state index in [0.29, 0.717) is 11.3 Å². The Morgan fingerprint density at radius 3 is 2.71 bits per heavy atom. The zero-order valence-corrected chi connectivity index (χ0v) is 10.7. The Bertz CT molecular complexity index is 388. The van der Waals surface area contributed by atoms with Crippen LogP contribution < -0.4 is 16.4 Å². The summed E-state index contributed by atoms with van der Waals surface area (Å²) in [6.45, 7) is 6.79. The number of hydrogen-bond donors (Lipinski definition) is 3. The van der Waals surface area contributed by atoms with Crippen molar-refractivity contribution in [2.24, 2.45) is 0 Å². The second-order valence-corrected chi connectivity index (χ2v) is 4.36. The largest absolute Gasteiger partial charge is 0.399 e. The monoisotopic (exact) mass is 235 g/mol. The molecule has 0 heterocycles. The third kappa shape index (κ3) is 3.98. The lowest BCUT2D eigenvalue weighted by molar-refractivity contribution is 0.0944. The Labute approximate surface area is 103 Å². The predicted octanol–water partition coefficient (Wildman–Crippen LogP) is 2.23. The van der Waals surface area contributed by atoms with Gasteiger partial charge in [-0.3, -0.25) is 4.79 Å². The molecule has 0 unspecified atom stereocenters. The molecule has 4 heteroatoms. The number of nitrogens with two attached hydrogens (primary N) is 1. The van der Waals surface area contributed by atoms with Crippen molar-refractivity contribution in [1.29, 1.82) is 0 Å². The van der Waals surface area contributed by atoms with Crippen LogP contribution in [-0.4, -0.2) is 18.5 Å². The number of hydrogen-bond acceptors (Lipinski definition) is 3. The second-order valence-electron chi connectivity index (χ2n) is 4.36. The van der Waals surface area contributed by atoms with Crippen molar-refractivity contribution in [2.45, 2.75) is 33.2 Å². The van der Waals surface area contributed by atoms with Gasteiger partial charge in [0, 0.05) is 24.0 Å². The van der Waals surface area contributed by atoms with E-state index in [2.05, 4.69) is 17.6 Å². The van der Waals surface area contributed by atoms with Gasteiger partial charge in [-0.15, -0.1) is 0 Å². The van der Waals surface area contributed by atoms with Crippen molar-refractivity contribution in [3.63, 3.8) is 0 Å². The highest BCUT2D eigenvalue weighted by atomic mass is 16.1. The lowest BCUT2D eigenvalue weighted by Gasteiger charge is -2.14. The van der Waals surface area contributed by atoms with E-state index in [-0.39, 0.29) is 11.9 Å². The molecule has 1 aromatic carbocycles. The molecule has 1 aromatic rings. The number of nitrogens with one attached hydrogen (secondary N) is 2. The number of carbonyl (C=O) groups is 1. The second kappa shape index (κ2) is 6.13. The van der Waals surface area contributed by atoms with Crippen molar-refractivity contribution in [2.75, 3.05) is 17.6 Å². The van der Waals surface area contributed by atoms with E-state index in [1.807, 2.05) is 19.9 Å². The normalized spacial score (nSPS) is 10.4. The molecule has 1 amide bonds. The fraction of sp³-hybridized carbons (Fsp3) is 0.462. The van der Waals surface area contributed by atoms with Gasteiger partial charge >= 0.3 is 0 Å². The van der Waals surface area contributed by atoms with Crippen molar-refractivity contribution in [1.82, 2.24) is 5.32 Å². The summed E-state index contributed by atoms with van der Waals surface area (Å²) >= 11 is 0. The summed E-state index contributed by atoms with van der Waals surface area (Å²) in [5.41, 5.74) is 7.75. The van der Waals surface area contributed by atoms with Crippen LogP contribution in [0.1, 0.15) is 37.6 Å². The maximum Gasteiger partial charge on any atom is 0.253 e. The smallest absolute Gasteiger partial charge is 0.253 e. The van der Waals surface area contributed by atoms with E-state index >= 15 is 0 Å². The molecule has 0 spiro atoms. The third-order valence-corrected chi connectivity index (χ3v) is 2.27. The molecule has 4 nitrogen and oxygen atoms in total.